The fraction of sp³-hybridized carbons (Fsp3) is 0.467. The number of aromatic nitrogens is 3. The zero-order valence-corrected chi connectivity index (χ0v) is 13.6. The summed E-state index contributed by atoms with van der Waals surface area (Å²) in [7, 11) is -1.52. The van der Waals surface area contributed by atoms with E-state index in [0.717, 1.165) is 18.4 Å². The van der Waals surface area contributed by atoms with E-state index in [0.29, 0.717) is 29.6 Å². The minimum atomic E-state index is -3.41. The van der Waals surface area contributed by atoms with Gasteiger partial charge in [-0.2, -0.15) is 9.40 Å². The molecular weight excluding hydrogens is 300 g/mol. The molecule has 0 radical (unpaired) electrons. The van der Waals surface area contributed by atoms with E-state index in [-0.39, 0.29) is 0 Å². The highest BCUT2D eigenvalue weighted by Crippen LogP contribution is 2.26. The summed E-state index contributed by atoms with van der Waals surface area (Å²) in [5.74, 6) is 0.349. The molecule has 3 rings (SSSR count). The van der Waals surface area contributed by atoms with Crippen LogP contribution in [-0.2, 0) is 23.5 Å². The van der Waals surface area contributed by atoms with Gasteiger partial charge in [0, 0.05) is 38.2 Å². The first-order valence-electron chi connectivity index (χ1n) is 7.35. The van der Waals surface area contributed by atoms with Crippen molar-refractivity contribution in [3.8, 4) is 0 Å². The maximum absolute atomic E-state index is 12.7. The number of hydrogen-bond donors (Lipinski definition) is 0. The first-order chi connectivity index (χ1) is 10.4. The fourth-order valence-corrected chi connectivity index (χ4v) is 4.53. The van der Waals surface area contributed by atoms with Crippen molar-refractivity contribution in [2.75, 3.05) is 13.1 Å². The third kappa shape index (κ3) is 3.05. The molecule has 0 aromatic carbocycles. The van der Waals surface area contributed by atoms with Gasteiger partial charge in [-0.15, -0.1) is 0 Å². The Hall–Kier alpha value is -1.73. The summed E-state index contributed by atoms with van der Waals surface area (Å²) in [5, 5.41) is 4.16. The molecule has 22 heavy (non-hydrogen) atoms. The van der Waals surface area contributed by atoms with Gasteiger partial charge >= 0.3 is 0 Å². The monoisotopic (exact) mass is 320 g/mol. The van der Waals surface area contributed by atoms with Gasteiger partial charge in [0.2, 0.25) is 10.0 Å². The number of nitrogens with zero attached hydrogens (tertiary/aromatic N) is 4. The van der Waals surface area contributed by atoms with Crippen LogP contribution in [0.25, 0.3) is 0 Å². The summed E-state index contributed by atoms with van der Waals surface area (Å²) < 4.78 is 28.7. The van der Waals surface area contributed by atoms with Crippen molar-refractivity contribution in [3.63, 3.8) is 0 Å². The second kappa shape index (κ2) is 5.81. The summed E-state index contributed by atoms with van der Waals surface area (Å²) in [4.78, 5) is 4.40. The van der Waals surface area contributed by atoms with Crippen molar-refractivity contribution >= 4 is 10.0 Å². The van der Waals surface area contributed by atoms with Gasteiger partial charge < -0.3 is 0 Å². The summed E-state index contributed by atoms with van der Waals surface area (Å²) in [6.07, 6.45) is 7.14. The van der Waals surface area contributed by atoms with Crippen LogP contribution in [0.15, 0.2) is 35.6 Å². The predicted octanol–water partition coefficient (Wildman–Crippen LogP) is 1.38. The molecule has 1 saturated heterocycles. The molecule has 1 unspecified atom stereocenters. The summed E-state index contributed by atoms with van der Waals surface area (Å²) >= 11 is 0. The molecule has 7 heteroatoms. The average molecular weight is 320 g/mol. The molecule has 0 bridgehead atoms. The molecule has 1 fully saturated rings. The molecule has 6 nitrogen and oxygen atoms in total. The smallest absolute Gasteiger partial charge is 0.243 e. The minimum absolute atomic E-state index is 0.335. The van der Waals surface area contributed by atoms with Crippen LogP contribution in [0.1, 0.15) is 17.7 Å². The number of rotatable bonds is 4. The van der Waals surface area contributed by atoms with Crippen molar-refractivity contribution < 1.29 is 8.42 Å². The van der Waals surface area contributed by atoms with Crippen molar-refractivity contribution in [1.29, 1.82) is 0 Å². The van der Waals surface area contributed by atoms with Gasteiger partial charge in [0.1, 0.15) is 0 Å². The first kappa shape index (κ1) is 15.2. The molecule has 2 aromatic heterocycles. The maximum Gasteiger partial charge on any atom is 0.243 e. The zero-order chi connectivity index (χ0) is 15.7. The third-order valence-electron chi connectivity index (χ3n) is 4.04. The van der Waals surface area contributed by atoms with Crippen molar-refractivity contribution in [3.05, 3.63) is 42.0 Å². The molecule has 0 N–H and O–H groups in total. The lowest BCUT2D eigenvalue weighted by atomic mass is 10.0. The van der Waals surface area contributed by atoms with Crippen LogP contribution in [0.2, 0.25) is 0 Å². The molecule has 3 heterocycles. The Bertz CT molecular complexity index is 769. The van der Waals surface area contributed by atoms with Crippen LogP contribution in [0.4, 0.5) is 0 Å². The van der Waals surface area contributed by atoms with E-state index >= 15 is 0 Å². The molecule has 0 aliphatic carbocycles. The molecule has 0 amide bonds. The fourth-order valence-electron chi connectivity index (χ4n) is 2.92. The molecule has 0 saturated carbocycles. The van der Waals surface area contributed by atoms with Gasteiger partial charge in [0.15, 0.2) is 0 Å². The highest BCUT2D eigenvalue weighted by atomic mass is 32.2. The molecule has 118 valence electrons. The SMILES string of the molecule is Cc1cc(S(=O)(=O)N2CCC(Cc3cnn(C)c3)C2)ccn1. The summed E-state index contributed by atoms with van der Waals surface area (Å²) in [5.41, 5.74) is 1.87. The van der Waals surface area contributed by atoms with Crippen LogP contribution in [0.3, 0.4) is 0 Å². The second-order valence-corrected chi connectivity index (χ2v) is 7.81. The number of pyridine rings is 1. The molecule has 0 spiro atoms. The van der Waals surface area contributed by atoms with Gasteiger partial charge in [-0.05, 0) is 43.4 Å². The van der Waals surface area contributed by atoms with E-state index in [9.17, 15) is 8.42 Å². The maximum atomic E-state index is 12.7. The lowest BCUT2D eigenvalue weighted by molar-refractivity contribution is 0.456. The van der Waals surface area contributed by atoms with Crippen LogP contribution in [0.5, 0.6) is 0 Å². The number of aryl methyl sites for hydroxylation is 2. The van der Waals surface area contributed by atoms with E-state index in [1.807, 2.05) is 19.4 Å². The van der Waals surface area contributed by atoms with E-state index in [2.05, 4.69) is 10.1 Å². The molecule has 1 atom stereocenters. The molecule has 1 aliphatic heterocycles. The Balaban J connectivity index is 1.71. The Morgan fingerprint density at radius 3 is 2.91 bits per heavy atom. The quantitative estimate of drug-likeness (QED) is 0.853. The Kier molecular flexibility index (Phi) is 4.01. The van der Waals surface area contributed by atoms with Crippen LogP contribution in [0, 0.1) is 12.8 Å². The average Bonchev–Trinajstić information content (AvgIpc) is 3.09. The Morgan fingerprint density at radius 2 is 2.23 bits per heavy atom. The minimum Gasteiger partial charge on any atom is -0.276 e. The second-order valence-electron chi connectivity index (χ2n) is 5.88. The highest BCUT2D eigenvalue weighted by molar-refractivity contribution is 7.89. The van der Waals surface area contributed by atoms with Gasteiger partial charge in [0.25, 0.3) is 0 Å². The first-order valence-corrected chi connectivity index (χ1v) is 8.79. The molecular formula is C15H20N4O2S. The Morgan fingerprint density at radius 1 is 1.41 bits per heavy atom. The molecule has 1 aliphatic rings. The third-order valence-corrected chi connectivity index (χ3v) is 5.90. The standard InChI is InChI=1S/C15H20N4O2S/c1-12-7-15(3-5-16-12)22(20,21)19-6-4-13(11-19)8-14-9-17-18(2)10-14/h3,5,7,9-10,13H,4,6,8,11H2,1-2H3. The number of sulfonamides is 1. The Labute approximate surface area is 130 Å². The largest absolute Gasteiger partial charge is 0.276 e. The zero-order valence-electron chi connectivity index (χ0n) is 12.8. The van der Waals surface area contributed by atoms with E-state index in [1.54, 1.807) is 34.2 Å². The normalized spacial score (nSPS) is 19.6. The van der Waals surface area contributed by atoms with Crippen LogP contribution >= 0.6 is 0 Å². The van der Waals surface area contributed by atoms with Crippen molar-refractivity contribution in [1.82, 2.24) is 19.1 Å². The lowest BCUT2D eigenvalue weighted by Gasteiger charge is -2.16. The summed E-state index contributed by atoms with van der Waals surface area (Å²) in [6, 6.07) is 3.19. The van der Waals surface area contributed by atoms with Crippen molar-refractivity contribution in [2.24, 2.45) is 13.0 Å². The summed E-state index contributed by atoms with van der Waals surface area (Å²) in [6.45, 7) is 2.95. The lowest BCUT2D eigenvalue weighted by Crippen LogP contribution is -2.29. The van der Waals surface area contributed by atoms with Gasteiger partial charge in [-0.25, -0.2) is 8.42 Å². The van der Waals surface area contributed by atoms with Crippen LogP contribution < -0.4 is 0 Å². The van der Waals surface area contributed by atoms with Gasteiger partial charge in [0.05, 0.1) is 11.1 Å². The van der Waals surface area contributed by atoms with Crippen LogP contribution in [-0.4, -0.2) is 40.6 Å². The topological polar surface area (TPSA) is 68.1 Å². The molecule has 2 aromatic rings. The van der Waals surface area contributed by atoms with E-state index in [1.165, 1.54) is 0 Å². The van der Waals surface area contributed by atoms with Crippen molar-refractivity contribution in [2.45, 2.75) is 24.7 Å². The number of hydrogen-bond acceptors (Lipinski definition) is 4. The van der Waals surface area contributed by atoms with Gasteiger partial charge in [-0.1, -0.05) is 0 Å². The van der Waals surface area contributed by atoms with E-state index < -0.39 is 10.0 Å². The predicted molar refractivity (Wildman–Crippen MR) is 82.8 cm³/mol. The van der Waals surface area contributed by atoms with Gasteiger partial charge in [-0.3, -0.25) is 9.67 Å². The highest BCUT2D eigenvalue weighted by Gasteiger charge is 2.32. The van der Waals surface area contributed by atoms with E-state index in [4.69, 9.17) is 0 Å².